The zero-order valence-corrected chi connectivity index (χ0v) is 10.8. The van der Waals surface area contributed by atoms with Crippen LogP contribution >= 0.6 is 0 Å². The van der Waals surface area contributed by atoms with Crippen molar-refractivity contribution in [1.29, 1.82) is 0 Å². The molecular formula is C11H21N3O4. The van der Waals surface area contributed by atoms with Gasteiger partial charge in [0.1, 0.15) is 6.04 Å². The number of nitrogens with one attached hydrogen (secondary N) is 2. The van der Waals surface area contributed by atoms with Crippen molar-refractivity contribution in [2.75, 3.05) is 27.2 Å². The molecule has 0 spiro atoms. The van der Waals surface area contributed by atoms with E-state index in [4.69, 9.17) is 9.94 Å². The van der Waals surface area contributed by atoms with Crippen molar-refractivity contribution in [3.8, 4) is 0 Å². The number of hydroxylamine groups is 2. The Kier molecular flexibility index (Phi) is 5.87. The van der Waals surface area contributed by atoms with Crippen LogP contribution in [0.2, 0.25) is 0 Å². The molecule has 1 saturated heterocycles. The van der Waals surface area contributed by atoms with Gasteiger partial charge in [0.05, 0.1) is 7.11 Å². The summed E-state index contributed by atoms with van der Waals surface area (Å²) < 4.78 is 0. The van der Waals surface area contributed by atoms with Gasteiger partial charge in [0.15, 0.2) is 0 Å². The number of carbonyl (C=O) groups is 2. The van der Waals surface area contributed by atoms with Crippen LogP contribution in [0.1, 0.15) is 19.3 Å². The second-order valence-corrected chi connectivity index (χ2v) is 4.47. The predicted molar refractivity (Wildman–Crippen MR) is 64.9 cm³/mol. The van der Waals surface area contributed by atoms with E-state index in [0.29, 0.717) is 12.3 Å². The number of carbonyl (C=O) groups excluding carboxylic acids is 1. The Hall–Kier alpha value is -1.34. The lowest BCUT2D eigenvalue weighted by Crippen LogP contribution is -2.48. The van der Waals surface area contributed by atoms with Gasteiger partial charge in [-0.05, 0) is 38.3 Å². The van der Waals surface area contributed by atoms with Crippen LogP contribution in [0.4, 0.5) is 4.79 Å². The van der Waals surface area contributed by atoms with Crippen LogP contribution in [0, 0.1) is 5.92 Å². The molecule has 1 aliphatic rings. The van der Waals surface area contributed by atoms with Crippen LogP contribution in [0.15, 0.2) is 0 Å². The Morgan fingerprint density at radius 1 is 1.61 bits per heavy atom. The molecule has 0 bridgehead atoms. The number of amides is 2. The molecule has 7 nitrogen and oxygen atoms in total. The first-order valence-corrected chi connectivity index (χ1v) is 6.06. The second kappa shape index (κ2) is 7.17. The molecule has 18 heavy (non-hydrogen) atoms. The highest BCUT2D eigenvalue weighted by Gasteiger charge is 2.28. The minimum atomic E-state index is -1.19. The minimum absolute atomic E-state index is 0.310. The molecule has 1 aliphatic heterocycles. The van der Waals surface area contributed by atoms with Gasteiger partial charge in [0.2, 0.25) is 0 Å². The Bertz CT molecular complexity index is 292. The minimum Gasteiger partial charge on any atom is -0.465 e. The lowest BCUT2D eigenvalue weighted by atomic mass is 9.92. The summed E-state index contributed by atoms with van der Waals surface area (Å²) in [6, 6.07) is -0.752. The molecule has 0 aliphatic carbocycles. The van der Waals surface area contributed by atoms with Gasteiger partial charge in [0.25, 0.3) is 5.91 Å². The van der Waals surface area contributed by atoms with Gasteiger partial charge >= 0.3 is 6.09 Å². The molecule has 1 rings (SSSR count). The van der Waals surface area contributed by atoms with Crippen molar-refractivity contribution in [3.63, 3.8) is 0 Å². The Labute approximate surface area is 106 Å². The number of likely N-dealkylation sites (N-methyl/N-ethyl adjacent to an activating group) is 1. The van der Waals surface area contributed by atoms with Crippen molar-refractivity contribution in [2.24, 2.45) is 5.92 Å². The highest BCUT2D eigenvalue weighted by Crippen LogP contribution is 2.17. The van der Waals surface area contributed by atoms with Gasteiger partial charge in [0, 0.05) is 7.05 Å². The first-order valence-electron chi connectivity index (χ1n) is 6.06. The van der Waals surface area contributed by atoms with Crippen LogP contribution in [0.5, 0.6) is 0 Å². The molecule has 3 N–H and O–H groups in total. The fourth-order valence-electron chi connectivity index (χ4n) is 2.14. The summed E-state index contributed by atoms with van der Waals surface area (Å²) in [5.41, 5.74) is 0. The van der Waals surface area contributed by atoms with Gasteiger partial charge in [-0.25, -0.2) is 9.86 Å². The van der Waals surface area contributed by atoms with Crippen LogP contribution in [-0.2, 0) is 9.63 Å². The standard InChI is InChI=1S/C11H21N3O4/c1-14(18-2)10(15)9(13-11(16)17)6-8-4-3-5-12-7-8/h8-9,12-13H,3-7H2,1-2H3,(H,16,17). The van der Waals surface area contributed by atoms with Crippen molar-refractivity contribution in [2.45, 2.75) is 25.3 Å². The maximum absolute atomic E-state index is 11.9. The van der Waals surface area contributed by atoms with E-state index in [1.54, 1.807) is 0 Å². The first kappa shape index (κ1) is 14.7. The maximum Gasteiger partial charge on any atom is 0.405 e. The van der Waals surface area contributed by atoms with Crippen LogP contribution < -0.4 is 10.6 Å². The molecule has 2 unspecified atom stereocenters. The summed E-state index contributed by atoms with van der Waals surface area (Å²) in [7, 11) is 2.84. The van der Waals surface area contributed by atoms with Crippen LogP contribution in [-0.4, -0.2) is 55.5 Å². The van der Waals surface area contributed by atoms with E-state index in [-0.39, 0.29) is 5.91 Å². The summed E-state index contributed by atoms with van der Waals surface area (Å²) >= 11 is 0. The first-order chi connectivity index (χ1) is 8.54. The molecule has 2 amide bonds. The largest absolute Gasteiger partial charge is 0.465 e. The summed E-state index contributed by atoms with van der Waals surface area (Å²) in [5, 5.41) is 15.3. The van der Waals surface area contributed by atoms with Crippen molar-refractivity contribution < 1.29 is 19.5 Å². The molecule has 0 aromatic rings. The third-order valence-corrected chi connectivity index (χ3v) is 3.15. The SMILES string of the molecule is CON(C)C(=O)C(CC1CCCNC1)NC(=O)O. The molecule has 2 atom stereocenters. The quantitative estimate of drug-likeness (QED) is 0.606. The number of carboxylic acid groups (broad SMARTS) is 1. The fraction of sp³-hybridized carbons (Fsp3) is 0.818. The molecular weight excluding hydrogens is 238 g/mol. The molecule has 104 valence electrons. The molecule has 7 heteroatoms. The van der Waals surface area contributed by atoms with Gasteiger partial charge in [-0.3, -0.25) is 9.63 Å². The Morgan fingerprint density at radius 3 is 2.83 bits per heavy atom. The van der Waals surface area contributed by atoms with E-state index >= 15 is 0 Å². The highest BCUT2D eigenvalue weighted by molar-refractivity contribution is 5.84. The molecule has 0 radical (unpaired) electrons. The Balaban J connectivity index is 2.58. The van der Waals surface area contributed by atoms with Crippen molar-refractivity contribution in [1.82, 2.24) is 15.7 Å². The molecule has 0 aromatic heterocycles. The van der Waals surface area contributed by atoms with Gasteiger partial charge in [-0.15, -0.1) is 0 Å². The van der Waals surface area contributed by atoms with Gasteiger partial charge < -0.3 is 15.7 Å². The lowest BCUT2D eigenvalue weighted by Gasteiger charge is -2.28. The van der Waals surface area contributed by atoms with E-state index in [1.165, 1.54) is 14.2 Å². The smallest absolute Gasteiger partial charge is 0.405 e. The summed E-state index contributed by atoms with van der Waals surface area (Å²) in [5.74, 6) is -0.0599. The average molecular weight is 259 g/mol. The third-order valence-electron chi connectivity index (χ3n) is 3.15. The van der Waals surface area contributed by atoms with Crippen molar-refractivity contribution >= 4 is 12.0 Å². The maximum atomic E-state index is 11.9. The van der Waals surface area contributed by atoms with E-state index in [0.717, 1.165) is 31.0 Å². The van der Waals surface area contributed by atoms with Gasteiger partial charge in [-0.2, -0.15) is 0 Å². The normalized spacial score (nSPS) is 21.1. The number of nitrogens with zero attached hydrogens (tertiary/aromatic N) is 1. The summed E-state index contributed by atoms with van der Waals surface area (Å²) in [6.45, 7) is 1.81. The highest BCUT2D eigenvalue weighted by atomic mass is 16.7. The van der Waals surface area contributed by atoms with E-state index in [2.05, 4.69) is 10.6 Å². The zero-order chi connectivity index (χ0) is 13.5. The molecule has 1 heterocycles. The van der Waals surface area contributed by atoms with E-state index in [9.17, 15) is 9.59 Å². The third kappa shape index (κ3) is 4.50. The predicted octanol–water partition coefficient (Wildman–Crippen LogP) is 0.0321. The number of piperidine rings is 1. The number of hydrogen-bond donors (Lipinski definition) is 3. The molecule has 0 aromatic carbocycles. The summed E-state index contributed by atoms with van der Waals surface area (Å²) in [4.78, 5) is 27.5. The molecule has 0 saturated carbocycles. The fourth-order valence-corrected chi connectivity index (χ4v) is 2.14. The Morgan fingerprint density at radius 2 is 2.33 bits per heavy atom. The number of rotatable bonds is 5. The second-order valence-electron chi connectivity index (χ2n) is 4.47. The van der Waals surface area contributed by atoms with E-state index in [1.807, 2.05) is 0 Å². The monoisotopic (exact) mass is 259 g/mol. The zero-order valence-electron chi connectivity index (χ0n) is 10.8. The number of hydrogen-bond acceptors (Lipinski definition) is 4. The van der Waals surface area contributed by atoms with Crippen LogP contribution in [0.25, 0.3) is 0 Å². The molecule has 1 fully saturated rings. The van der Waals surface area contributed by atoms with Crippen molar-refractivity contribution in [3.05, 3.63) is 0 Å². The van der Waals surface area contributed by atoms with Gasteiger partial charge in [-0.1, -0.05) is 0 Å². The average Bonchev–Trinajstić information content (AvgIpc) is 2.37. The van der Waals surface area contributed by atoms with Crippen LogP contribution in [0.3, 0.4) is 0 Å². The topological polar surface area (TPSA) is 90.9 Å². The lowest BCUT2D eigenvalue weighted by molar-refractivity contribution is -0.171. The summed E-state index contributed by atoms with van der Waals surface area (Å²) in [6.07, 6.45) is 1.36. The van der Waals surface area contributed by atoms with E-state index < -0.39 is 12.1 Å².